The molecule has 0 unspecified atom stereocenters. The number of benzene rings is 1. The maximum atomic E-state index is 13.0. The van der Waals surface area contributed by atoms with E-state index in [0.717, 1.165) is 12.5 Å². The van der Waals surface area contributed by atoms with Crippen molar-refractivity contribution >= 4 is 17.4 Å². The first-order valence-electron chi connectivity index (χ1n) is 8.34. The summed E-state index contributed by atoms with van der Waals surface area (Å²) in [5, 5.41) is 8.61. The molecule has 2 aliphatic rings. The van der Waals surface area contributed by atoms with Crippen LogP contribution < -0.4 is 15.3 Å². The third kappa shape index (κ3) is 3.16. The van der Waals surface area contributed by atoms with E-state index in [1.54, 1.807) is 6.07 Å². The number of nitrogens with one attached hydrogen (secondary N) is 1. The first kappa shape index (κ1) is 17.5. The van der Waals surface area contributed by atoms with E-state index in [4.69, 9.17) is 5.21 Å². The molecular weight excluding hydrogens is 363 g/mol. The Balaban J connectivity index is 1.49. The molecule has 0 radical (unpaired) electrons. The first-order chi connectivity index (χ1) is 12.9. The molecule has 2 aromatic rings. The summed E-state index contributed by atoms with van der Waals surface area (Å²) in [6.45, 7) is 1.20. The number of alkyl halides is 3. The number of piperazine rings is 1. The Morgan fingerprint density at radius 3 is 2.48 bits per heavy atom. The topological polar surface area (TPSA) is 81.6 Å². The number of hydroxylamine groups is 1. The summed E-state index contributed by atoms with van der Waals surface area (Å²) in [6, 6.07) is 5.58. The molecule has 1 amide bonds. The summed E-state index contributed by atoms with van der Waals surface area (Å²) in [7, 11) is 0. The lowest BCUT2D eigenvalue weighted by atomic mass is 10.1. The predicted molar refractivity (Wildman–Crippen MR) is 89.6 cm³/mol. The average Bonchev–Trinajstić information content (AvgIpc) is 3.28. The quantitative estimate of drug-likeness (QED) is 0.628. The molecule has 7 nitrogen and oxygen atoms in total. The fraction of sp³-hybridized carbons (Fsp3) is 0.353. The van der Waals surface area contributed by atoms with Gasteiger partial charge in [0.25, 0.3) is 5.91 Å². The number of carbonyl (C=O) groups excluding carboxylic acids is 1. The zero-order valence-corrected chi connectivity index (χ0v) is 14.0. The maximum absolute atomic E-state index is 13.0. The molecule has 0 aliphatic carbocycles. The number of amides is 1. The van der Waals surface area contributed by atoms with E-state index in [1.807, 2.05) is 9.80 Å². The van der Waals surface area contributed by atoms with Crippen molar-refractivity contribution in [3.8, 4) is 0 Å². The second kappa shape index (κ2) is 6.38. The first-order valence-corrected chi connectivity index (χ1v) is 8.34. The number of carbonyl (C=O) groups is 1. The summed E-state index contributed by atoms with van der Waals surface area (Å²) in [6.07, 6.45) is -0.812. The highest BCUT2D eigenvalue weighted by Crippen LogP contribution is 2.38. The fourth-order valence-electron chi connectivity index (χ4n) is 3.77. The minimum atomic E-state index is -4.36. The van der Waals surface area contributed by atoms with Crippen molar-refractivity contribution in [1.29, 1.82) is 0 Å². The van der Waals surface area contributed by atoms with Gasteiger partial charge < -0.3 is 9.80 Å². The molecule has 0 saturated carbocycles. The summed E-state index contributed by atoms with van der Waals surface area (Å²) >= 11 is 0. The lowest BCUT2D eigenvalue weighted by molar-refractivity contribution is -0.137. The highest BCUT2D eigenvalue weighted by molar-refractivity contribution is 5.91. The summed E-state index contributed by atoms with van der Waals surface area (Å²) in [5.41, 5.74) is 1.41. The van der Waals surface area contributed by atoms with Crippen molar-refractivity contribution in [2.24, 2.45) is 0 Å². The van der Waals surface area contributed by atoms with Crippen LogP contribution in [0.1, 0.15) is 22.5 Å². The van der Waals surface area contributed by atoms with Crippen LogP contribution in [0.2, 0.25) is 0 Å². The third-order valence-electron chi connectivity index (χ3n) is 5.01. The smallest absolute Gasteiger partial charge is 0.365 e. The van der Waals surface area contributed by atoms with Crippen LogP contribution in [0.25, 0.3) is 0 Å². The number of hydrogen-bond acceptors (Lipinski definition) is 6. The third-order valence-corrected chi connectivity index (χ3v) is 5.01. The summed E-state index contributed by atoms with van der Waals surface area (Å²) < 4.78 is 38.9. The van der Waals surface area contributed by atoms with Crippen molar-refractivity contribution in [2.45, 2.75) is 24.7 Å². The van der Waals surface area contributed by atoms with Crippen molar-refractivity contribution in [3.63, 3.8) is 0 Å². The molecule has 27 heavy (non-hydrogen) atoms. The van der Waals surface area contributed by atoms with Gasteiger partial charge in [0.2, 0.25) is 0 Å². The predicted octanol–water partition coefficient (Wildman–Crippen LogP) is 2.08. The molecule has 2 N–H and O–H groups in total. The molecule has 2 aliphatic heterocycles. The molecule has 2 bridgehead atoms. The van der Waals surface area contributed by atoms with E-state index in [-0.39, 0.29) is 17.8 Å². The molecule has 2 saturated heterocycles. The minimum absolute atomic E-state index is 0.00352. The molecular formula is C17H16F3N5O2. The van der Waals surface area contributed by atoms with Crippen LogP contribution >= 0.6 is 0 Å². The number of rotatable bonds is 3. The van der Waals surface area contributed by atoms with Gasteiger partial charge in [0.05, 0.1) is 24.0 Å². The van der Waals surface area contributed by atoms with E-state index < -0.39 is 17.6 Å². The molecule has 0 spiro atoms. The van der Waals surface area contributed by atoms with E-state index in [1.165, 1.54) is 30.0 Å². The Labute approximate surface area is 152 Å². The molecule has 1 aromatic carbocycles. The van der Waals surface area contributed by atoms with Crippen molar-refractivity contribution in [2.75, 3.05) is 22.9 Å². The average molecular weight is 379 g/mol. The van der Waals surface area contributed by atoms with Crippen LogP contribution in [0, 0.1) is 0 Å². The Hall–Kier alpha value is -2.88. The van der Waals surface area contributed by atoms with Crippen LogP contribution in [0.4, 0.5) is 24.7 Å². The van der Waals surface area contributed by atoms with E-state index in [9.17, 15) is 18.0 Å². The van der Waals surface area contributed by atoms with Gasteiger partial charge in [0.1, 0.15) is 11.5 Å². The normalized spacial score (nSPS) is 21.6. The number of anilines is 2. The Morgan fingerprint density at radius 2 is 1.89 bits per heavy atom. The van der Waals surface area contributed by atoms with Crippen LogP contribution in [-0.2, 0) is 6.18 Å². The Kier molecular flexibility index (Phi) is 4.14. The molecule has 1 aromatic heterocycles. The molecule has 142 valence electrons. The van der Waals surface area contributed by atoms with Gasteiger partial charge in [-0.1, -0.05) is 6.07 Å². The molecule has 2 fully saturated rings. The van der Waals surface area contributed by atoms with Gasteiger partial charge in [-0.25, -0.2) is 15.4 Å². The Morgan fingerprint density at radius 1 is 1.15 bits per heavy atom. The highest BCUT2D eigenvalue weighted by atomic mass is 19.4. The number of hydrogen-bond donors (Lipinski definition) is 2. The highest BCUT2D eigenvalue weighted by Gasteiger charge is 2.44. The van der Waals surface area contributed by atoms with Crippen molar-refractivity contribution in [3.05, 3.63) is 47.9 Å². The number of aromatic nitrogens is 2. The molecule has 2 atom stereocenters. The van der Waals surface area contributed by atoms with Crippen LogP contribution in [0.15, 0.2) is 36.7 Å². The number of halogens is 3. The fourth-order valence-corrected chi connectivity index (χ4v) is 3.77. The Bertz CT molecular complexity index is 858. The lowest BCUT2D eigenvalue weighted by Crippen LogP contribution is -2.47. The standard InChI is InChI=1S/C17H16F3N5O2/c18-17(19,20)10-2-1-3-11(4-10)24-8-13-5-12(24)9-25(13)15-7-21-14(6-22-15)16(26)23-27/h1-4,6-7,12-13,27H,5,8-9H2,(H,23,26)/t12-,13-/m0/s1. The largest absolute Gasteiger partial charge is 0.416 e. The van der Waals surface area contributed by atoms with Gasteiger partial charge in [-0.2, -0.15) is 13.2 Å². The van der Waals surface area contributed by atoms with Crippen LogP contribution in [-0.4, -0.2) is 46.3 Å². The monoisotopic (exact) mass is 379 g/mol. The van der Waals surface area contributed by atoms with Gasteiger partial charge in [-0.3, -0.25) is 10.0 Å². The number of nitrogens with zero attached hydrogens (tertiary/aromatic N) is 4. The van der Waals surface area contributed by atoms with E-state index in [0.29, 0.717) is 24.6 Å². The molecule has 10 heteroatoms. The summed E-state index contributed by atoms with van der Waals surface area (Å²) in [4.78, 5) is 23.5. The van der Waals surface area contributed by atoms with Crippen molar-refractivity contribution < 1.29 is 23.2 Å². The summed E-state index contributed by atoms with van der Waals surface area (Å²) in [5.74, 6) is -0.145. The zero-order valence-electron chi connectivity index (χ0n) is 14.0. The number of fused-ring (bicyclic) bond motifs is 2. The van der Waals surface area contributed by atoms with E-state index >= 15 is 0 Å². The van der Waals surface area contributed by atoms with Crippen LogP contribution in [0.3, 0.4) is 0 Å². The molecule has 4 rings (SSSR count). The SMILES string of the molecule is O=C(NO)c1cnc(N2C[C@@H]3C[C@H]2CN3c2cccc(C(F)(F)F)c2)cn1. The zero-order chi connectivity index (χ0) is 19.2. The van der Waals surface area contributed by atoms with E-state index in [2.05, 4.69) is 9.97 Å². The second-order valence-electron chi connectivity index (χ2n) is 6.60. The maximum Gasteiger partial charge on any atom is 0.416 e. The van der Waals surface area contributed by atoms with Gasteiger partial charge in [-0.15, -0.1) is 0 Å². The lowest BCUT2D eigenvalue weighted by Gasteiger charge is -2.36. The van der Waals surface area contributed by atoms with Crippen LogP contribution in [0.5, 0.6) is 0 Å². The van der Waals surface area contributed by atoms with Crippen molar-refractivity contribution in [1.82, 2.24) is 15.4 Å². The van der Waals surface area contributed by atoms with Gasteiger partial charge >= 0.3 is 6.18 Å². The van der Waals surface area contributed by atoms with Gasteiger partial charge in [-0.05, 0) is 24.6 Å². The molecule has 3 heterocycles. The van der Waals surface area contributed by atoms with Gasteiger partial charge in [0, 0.05) is 24.8 Å². The minimum Gasteiger partial charge on any atom is -0.365 e. The van der Waals surface area contributed by atoms with Gasteiger partial charge in [0.15, 0.2) is 0 Å². The second-order valence-corrected chi connectivity index (χ2v) is 6.60.